The van der Waals surface area contributed by atoms with E-state index in [1.54, 1.807) is 36.4 Å². The maximum absolute atomic E-state index is 14.7. The molecule has 4 rings (SSSR count). The number of Topliss-reactive ketones (excluding diaryl/α,β-unsaturated/α-hetero) is 1. The number of hydrogen-bond acceptors (Lipinski definition) is 4. The molecule has 5 nitrogen and oxygen atoms in total. The topological polar surface area (TPSA) is 77.8 Å². The molecule has 29 heavy (non-hydrogen) atoms. The van der Waals surface area contributed by atoms with E-state index in [-0.39, 0.29) is 22.6 Å². The van der Waals surface area contributed by atoms with Gasteiger partial charge in [-0.05, 0) is 30.3 Å². The summed E-state index contributed by atoms with van der Waals surface area (Å²) in [5, 5.41) is 20.4. The molecule has 3 aromatic carbocycles. The van der Waals surface area contributed by atoms with E-state index in [2.05, 4.69) is 0 Å². The first-order valence-corrected chi connectivity index (χ1v) is 8.89. The van der Waals surface area contributed by atoms with E-state index in [9.17, 15) is 24.2 Å². The summed E-state index contributed by atoms with van der Waals surface area (Å²) in [7, 11) is 0. The average Bonchev–Trinajstić information content (AvgIpc) is 3.00. The maximum Gasteiger partial charge on any atom is 0.300 e. The number of aliphatic hydroxyl groups excluding tert-OH is 1. The molecule has 0 spiro atoms. The lowest BCUT2D eigenvalue weighted by atomic mass is 9.94. The summed E-state index contributed by atoms with van der Waals surface area (Å²) in [5.74, 6) is -2.80. The predicted octanol–water partition coefficient (Wildman–Crippen LogP) is 4.16. The number of benzene rings is 3. The van der Waals surface area contributed by atoms with Crippen molar-refractivity contribution in [1.82, 2.24) is 0 Å². The molecule has 6 heteroatoms. The molecule has 1 aliphatic rings. The van der Waals surface area contributed by atoms with Crippen molar-refractivity contribution in [1.29, 1.82) is 0 Å². The summed E-state index contributed by atoms with van der Waals surface area (Å²) in [6, 6.07) is 18.6. The van der Waals surface area contributed by atoms with Gasteiger partial charge in [0.15, 0.2) is 0 Å². The average molecular weight is 389 g/mol. The minimum absolute atomic E-state index is 0.0166. The van der Waals surface area contributed by atoms with Crippen LogP contribution in [0.15, 0.2) is 84.4 Å². The molecule has 1 fully saturated rings. The monoisotopic (exact) mass is 389 g/mol. The lowest BCUT2D eigenvalue weighted by molar-refractivity contribution is -0.132. The van der Waals surface area contributed by atoms with Gasteiger partial charge in [0.2, 0.25) is 0 Å². The number of hydrogen-bond donors (Lipinski definition) is 2. The Morgan fingerprint density at radius 3 is 2.14 bits per heavy atom. The number of halogens is 1. The molecule has 1 atom stereocenters. The number of ketones is 1. The largest absolute Gasteiger partial charge is 0.508 e. The van der Waals surface area contributed by atoms with Gasteiger partial charge in [-0.25, -0.2) is 4.39 Å². The van der Waals surface area contributed by atoms with Crippen LogP contribution in [-0.4, -0.2) is 21.9 Å². The number of amides is 1. The Morgan fingerprint density at radius 1 is 0.862 bits per heavy atom. The number of phenols is 1. The van der Waals surface area contributed by atoms with Crippen LogP contribution in [0.3, 0.4) is 0 Å². The van der Waals surface area contributed by atoms with Gasteiger partial charge in [-0.3, -0.25) is 14.5 Å². The molecule has 3 aromatic rings. The van der Waals surface area contributed by atoms with Crippen LogP contribution in [0.5, 0.6) is 5.75 Å². The zero-order valence-electron chi connectivity index (χ0n) is 15.1. The van der Waals surface area contributed by atoms with Crippen LogP contribution in [0.4, 0.5) is 10.1 Å². The Balaban J connectivity index is 1.97. The summed E-state index contributed by atoms with van der Waals surface area (Å²) >= 11 is 0. The van der Waals surface area contributed by atoms with Crippen molar-refractivity contribution < 1.29 is 24.2 Å². The van der Waals surface area contributed by atoms with Gasteiger partial charge in [-0.2, -0.15) is 0 Å². The van der Waals surface area contributed by atoms with E-state index in [1.807, 2.05) is 0 Å². The van der Waals surface area contributed by atoms with Gasteiger partial charge in [0.25, 0.3) is 11.7 Å². The third kappa shape index (κ3) is 3.14. The Hall–Kier alpha value is -3.93. The molecule has 0 aliphatic carbocycles. The van der Waals surface area contributed by atoms with Crippen molar-refractivity contribution in [2.75, 3.05) is 4.90 Å². The summed E-state index contributed by atoms with van der Waals surface area (Å²) < 4.78 is 14.7. The fraction of sp³-hybridized carbons (Fsp3) is 0.0435. The summed E-state index contributed by atoms with van der Waals surface area (Å²) in [6.45, 7) is 0. The van der Waals surface area contributed by atoms with E-state index in [1.165, 1.54) is 42.5 Å². The predicted molar refractivity (Wildman–Crippen MR) is 106 cm³/mol. The van der Waals surface area contributed by atoms with Crippen molar-refractivity contribution >= 4 is 23.1 Å². The minimum atomic E-state index is -1.15. The van der Waals surface area contributed by atoms with E-state index in [0.717, 1.165) is 4.90 Å². The second-order valence-electron chi connectivity index (χ2n) is 6.57. The number of carbonyl (C=O) groups excluding carboxylic acids is 2. The smallest absolute Gasteiger partial charge is 0.300 e. The number of aromatic hydroxyl groups is 1. The highest BCUT2D eigenvalue weighted by Crippen LogP contribution is 2.43. The quantitative estimate of drug-likeness (QED) is 0.401. The molecule has 1 amide bonds. The second kappa shape index (κ2) is 7.24. The normalized spacial score (nSPS) is 18.2. The summed E-state index contributed by atoms with van der Waals surface area (Å²) in [4.78, 5) is 26.9. The van der Waals surface area contributed by atoms with Crippen LogP contribution in [0.25, 0.3) is 5.76 Å². The highest BCUT2D eigenvalue weighted by molar-refractivity contribution is 6.51. The lowest BCUT2D eigenvalue weighted by Crippen LogP contribution is -2.29. The second-order valence-corrected chi connectivity index (χ2v) is 6.57. The standard InChI is InChI=1S/C23H16FNO4/c24-18-9-5-4-8-17(18)20-19(21(27)14-6-2-1-3-7-14)22(28)23(29)25(20)15-10-12-16(26)13-11-15/h1-13,20,26-27H/t20-/m0/s1. The number of anilines is 1. The molecular weight excluding hydrogens is 373 g/mol. The van der Waals surface area contributed by atoms with Crippen LogP contribution in [0, 0.1) is 5.82 Å². The highest BCUT2D eigenvalue weighted by atomic mass is 19.1. The molecule has 1 saturated heterocycles. The van der Waals surface area contributed by atoms with E-state index < -0.39 is 23.5 Å². The lowest BCUT2D eigenvalue weighted by Gasteiger charge is -2.25. The molecule has 0 aromatic heterocycles. The summed E-state index contributed by atoms with van der Waals surface area (Å²) in [5.41, 5.74) is 0.527. The fourth-order valence-electron chi connectivity index (χ4n) is 3.45. The van der Waals surface area contributed by atoms with Crippen LogP contribution >= 0.6 is 0 Å². The van der Waals surface area contributed by atoms with Gasteiger partial charge in [0, 0.05) is 16.8 Å². The van der Waals surface area contributed by atoms with Gasteiger partial charge in [0.1, 0.15) is 17.3 Å². The first-order valence-electron chi connectivity index (χ1n) is 8.89. The maximum atomic E-state index is 14.7. The van der Waals surface area contributed by atoms with Gasteiger partial charge in [-0.15, -0.1) is 0 Å². The fourth-order valence-corrected chi connectivity index (χ4v) is 3.45. The van der Waals surface area contributed by atoms with Crippen molar-refractivity contribution in [3.63, 3.8) is 0 Å². The van der Waals surface area contributed by atoms with E-state index in [4.69, 9.17) is 0 Å². The molecule has 0 bridgehead atoms. The van der Waals surface area contributed by atoms with Gasteiger partial charge in [-0.1, -0.05) is 48.5 Å². The van der Waals surface area contributed by atoms with Crippen molar-refractivity contribution in [3.8, 4) is 5.75 Å². The zero-order chi connectivity index (χ0) is 20.5. The van der Waals surface area contributed by atoms with Crippen LogP contribution in [0.2, 0.25) is 0 Å². The molecule has 144 valence electrons. The first kappa shape index (κ1) is 18.4. The number of aliphatic hydroxyl groups is 1. The highest BCUT2D eigenvalue weighted by Gasteiger charge is 2.47. The summed E-state index contributed by atoms with van der Waals surface area (Å²) in [6.07, 6.45) is 0. The molecule has 1 heterocycles. The molecule has 1 aliphatic heterocycles. The minimum Gasteiger partial charge on any atom is -0.508 e. The third-order valence-electron chi connectivity index (χ3n) is 4.82. The third-order valence-corrected chi connectivity index (χ3v) is 4.82. The van der Waals surface area contributed by atoms with E-state index >= 15 is 0 Å². The molecule has 2 N–H and O–H groups in total. The number of phenolic OH excluding ortho intramolecular Hbond substituents is 1. The number of nitrogens with zero attached hydrogens (tertiary/aromatic N) is 1. The van der Waals surface area contributed by atoms with Crippen LogP contribution < -0.4 is 4.90 Å². The van der Waals surface area contributed by atoms with Crippen molar-refractivity contribution in [2.45, 2.75) is 6.04 Å². The van der Waals surface area contributed by atoms with Crippen molar-refractivity contribution in [2.24, 2.45) is 0 Å². The number of carbonyl (C=O) groups is 2. The SMILES string of the molecule is O=C1C(=O)N(c2ccc(O)cc2)[C@@H](c2ccccc2F)C1=C(O)c1ccccc1. The van der Waals surface area contributed by atoms with Gasteiger partial charge >= 0.3 is 0 Å². The van der Waals surface area contributed by atoms with Crippen LogP contribution in [-0.2, 0) is 9.59 Å². The van der Waals surface area contributed by atoms with Crippen molar-refractivity contribution in [3.05, 3.63) is 101 Å². The van der Waals surface area contributed by atoms with Gasteiger partial charge < -0.3 is 10.2 Å². The first-order chi connectivity index (χ1) is 14.0. The Bertz CT molecular complexity index is 1120. The van der Waals surface area contributed by atoms with Crippen LogP contribution in [0.1, 0.15) is 17.2 Å². The Morgan fingerprint density at radius 2 is 1.48 bits per heavy atom. The molecule has 0 radical (unpaired) electrons. The zero-order valence-corrected chi connectivity index (χ0v) is 15.1. The number of rotatable bonds is 3. The Kier molecular flexibility index (Phi) is 4.60. The molecule has 0 saturated carbocycles. The van der Waals surface area contributed by atoms with E-state index in [0.29, 0.717) is 11.3 Å². The Labute approximate surface area is 166 Å². The molecule has 0 unspecified atom stereocenters. The molecular formula is C23H16FNO4. The van der Waals surface area contributed by atoms with Gasteiger partial charge in [0.05, 0.1) is 11.6 Å².